The number of nitrogens with zero attached hydrogens (tertiary/aromatic N) is 1. The molecule has 1 N–H and O–H groups in total. The van der Waals surface area contributed by atoms with Crippen LogP contribution in [0.2, 0.25) is 0 Å². The fourth-order valence-corrected chi connectivity index (χ4v) is 3.85. The number of halogens is 1. The summed E-state index contributed by atoms with van der Waals surface area (Å²) in [5.41, 5.74) is 1.30. The van der Waals surface area contributed by atoms with Gasteiger partial charge in [-0.3, -0.25) is 0 Å². The predicted octanol–water partition coefficient (Wildman–Crippen LogP) is 4.80. The minimum absolute atomic E-state index is 0.683. The molecule has 0 radical (unpaired) electrons. The van der Waals surface area contributed by atoms with Gasteiger partial charge in [0.15, 0.2) is 4.34 Å². The number of hydrogen-bond donors (Lipinski definition) is 1. The van der Waals surface area contributed by atoms with Crippen molar-refractivity contribution in [3.05, 3.63) is 39.8 Å². The number of thiazole rings is 1. The molecular weight excluding hydrogens is 340 g/mol. The average Bonchev–Trinajstić information content (AvgIpc) is 2.85. The third kappa shape index (κ3) is 4.91. The Morgan fingerprint density at radius 1 is 1.42 bits per heavy atom. The maximum absolute atomic E-state index is 4.29. The predicted molar refractivity (Wildman–Crippen MR) is 86.9 cm³/mol. The molecular formula is C14H17BrN2S2. The zero-order valence-electron chi connectivity index (χ0n) is 11.0. The smallest absolute Gasteiger partial charge is 0.154 e. The summed E-state index contributed by atoms with van der Waals surface area (Å²) in [4.78, 5) is 5.50. The minimum Gasteiger partial charge on any atom is -0.312 e. The molecule has 0 saturated heterocycles. The van der Waals surface area contributed by atoms with Crippen molar-refractivity contribution >= 4 is 39.0 Å². The Morgan fingerprint density at radius 2 is 2.26 bits per heavy atom. The standard InChI is InChI=1S/C14H17BrN2S2/c1-10(2)8-16-9-11-3-4-13(12(15)7-11)19-14-17-5-6-18-14/h3-7,10,16H,8-9H2,1-2H3. The summed E-state index contributed by atoms with van der Waals surface area (Å²) in [5.74, 6) is 0.683. The van der Waals surface area contributed by atoms with Crippen LogP contribution in [0, 0.1) is 5.92 Å². The Morgan fingerprint density at radius 3 is 2.89 bits per heavy atom. The molecule has 0 spiro atoms. The molecule has 0 amide bonds. The summed E-state index contributed by atoms with van der Waals surface area (Å²) in [6.45, 7) is 6.40. The molecule has 1 heterocycles. The maximum Gasteiger partial charge on any atom is 0.154 e. The summed E-state index contributed by atoms with van der Waals surface area (Å²) in [6.07, 6.45) is 1.84. The first-order chi connectivity index (χ1) is 9.15. The van der Waals surface area contributed by atoms with Gasteiger partial charge in [-0.2, -0.15) is 0 Å². The van der Waals surface area contributed by atoms with Crippen LogP contribution in [0.4, 0.5) is 0 Å². The highest BCUT2D eigenvalue weighted by Crippen LogP contribution is 2.34. The van der Waals surface area contributed by atoms with Gasteiger partial charge >= 0.3 is 0 Å². The topological polar surface area (TPSA) is 24.9 Å². The number of rotatable bonds is 6. The lowest BCUT2D eigenvalue weighted by molar-refractivity contribution is 0.552. The van der Waals surface area contributed by atoms with E-state index in [2.05, 4.69) is 58.3 Å². The highest BCUT2D eigenvalue weighted by atomic mass is 79.9. The second-order valence-electron chi connectivity index (χ2n) is 4.69. The number of nitrogens with one attached hydrogen (secondary N) is 1. The van der Waals surface area contributed by atoms with Crippen molar-refractivity contribution in [2.75, 3.05) is 6.54 Å². The average molecular weight is 357 g/mol. The van der Waals surface area contributed by atoms with Crippen molar-refractivity contribution < 1.29 is 0 Å². The largest absolute Gasteiger partial charge is 0.312 e. The molecule has 0 atom stereocenters. The van der Waals surface area contributed by atoms with E-state index in [4.69, 9.17) is 0 Å². The van der Waals surface area contributed by atoms with Crippen LogP contribution in [0.15, 0.2) is 43.5 Å². The van der Waals surface area contributed by atoms with Crippen molar-refractivity contribution in [2.24, 2.45) is 5.92 Å². The first-order valence-corrected chi connectivity index (χ1v) is 8.70. The van der Waals surface area contributed by atoms with Gasteiger partial charge in [0.1, 0.15) is 0 Å². The summed E-state index contributed by atoms with van der Waals surface area (Å²) < 4.78 is 2.21. The van der Waals surface area contributed by atoms with Crippen LogP contribution >= 0.6 is 39.0 Å². The Labute approximate surface area is 131 Å². The van der Waals surface area contributed by atoms with Gasteiger partial charge in [0.2, 0.25) is 0 Å². The van der Waals surface area contributed by atoms with Crippen molar-refractivity contribution in [1.82, 2.24) is 10.3 Å². The molecule has 0 bridgehead atoms. The van der Waals surface area contributed by atoms with Gasteiger partial charge < -0.3 is 5.32 Å². The van der Waals surface area contributed by atoms with Crippen molar-refractivity contribution in [1.29, 1.82) is 0 Å². The van der Waals surface area contributed by atoms with Gasteiger partial charge in [0.25, 0.3) is 0 Å². The van der Waals surface area contributed by atoms with Crippen LogP contribution in [-0.2, 0) is 6.54 Å². The lowest BCUT2D eigenvalue weighted by Gasteiger charge is -2.09. The van der Waals surface area contributed by atoms with E-state index < -0.39 is 0 Å². The van der Waals surface area contributed by atoms with Gasteiger partial charge in [-0.15, -0.1) is 11.3 Å². The van der Waals surface area contributed by atoms with Gasteiger partial charge in [-0.25, -0.2) is 4.98 Å². The summed E-state index contributed by atoms with van der Waals surface area (Å²) in [6, 6.07) is 6.51. The number of benzene rings is 1. The minimum atomic E-state index is 0.683. The fourth-order valence-electron chi connectivity index (χ4n) is 1.60. The second kappa shape index (κ2) is 7.43. The molecule has 102 valence electrons. The van der Waals surface area contributed by atoms with E-state index in [9.17, 15) is 0 Å². The maximum atomic E-state index is 4.29. The SMILES string of the molecule is CC(C)CNCc1ccc(Sc2nccs2)c(Br)c1. The van der Waals surface area contributed by atoms with E-state index in [-0.39, 0.29) is 0 Å². The van der Waals surface area contributed by atoms with Gasteiger partial charge in [-0.1, -0.05) is 31.7 Å². The third-order valence-electron chi connectivity index (χ3n) is 2.48. The Hall–Kier alpha value is -0.360. The normalized spacial score (nSPS) is 11.2. The zero-order valence-corrected chi connectivity index (χ0v) is 14.2. The van der Waals surface area contributed by atoms with Crippen molar-refractivity contribution in [3.8, 4) is 0 Å². The van der Waals surface area contributed by atoms with E-state index in [1.54, 1.807) is 23.1 Å². The molecule has 0 aliphatic carbocycles. The summed E-state index contributed by atoms with van der Waals surface area (Å²) in [5, 5.41) is 5.46. The third-order valence-corrected chi connectivity index (χ3v) is 5.36. The molecule has 0 aliphatic heterocycles. The van der Waals surface area contributed by atoms with Crippen molar-refractivity contribution in [2.45, 2.75) is 29.6 Å². The molecule has 5 heteroatoms. The molecule has 2 nitrogen and oxygen atoms in total. The van der Waals surface area contributed by atoms with E-state index in [1.807, 2.05) is 11.6 Å². The van der Waals surface area contributed by atoms with E-state index >= 15 is 0 Å². The molecule has 0 unspecified atom stereocenters. The van der Waals surface area contributed by atoms with Gasteiger partial charge in [0.05, 0.1) is 0 Å². The van der Waals surface area contributed by atoms with Crippen LogP contribution < -0.4 is 5.32 Å². The quantitative estimate of drug-likeness (QED) is 0.804. The highest BCUT2D eigenvalue weighted by molar-refractivity contribution is 9.10. The molecule has 1 aromatic carbocycles. The molecule has 0 saturated carbocycles. The van der Waals surface area contributed by atoms with E-state index in [1.165, 1.54) is 10.5 Å². The lowest BCUT2D eigenvalue weighted by atomic mass is 10.2. The summed E-state index contributed by atoms with van der Waals surface area (Å²) in [7, 11) is 0. The monoisotopic (exact) mass is 356 g/mol. The summed E-state index contributed by atoms with van der Waals surface area (Å²) >= 11 is 7.01. The second-order valence-corrected chi connectivity index (χ2v) is 7.73. The molecule has 2 rings (SSSR count). The van der Waals surface area contributed by atoms with E-state index in [0.717, 1.165) is 21.9 Å². The Kier molecular flexibility index (Phi) is 5.88. The Bertz CT molecular complexity index is 512. The van der Waals surface area contributed by atoms with Crippen LogP contribution in [0.25, 0.3) is 0 Å². The number of hydrogen-bond acceptors (Lipinski definition) is 4. The first-order valence-electron chi connectivity index (χ1n) is 6.21. The Balaban J connectivity index is 1.97. The molecule has 19 heavy (non-hydrogen) atoms. The van der Waals surface area contributed by atoms with Gasteiger partial charge in [0, 0.05) is 27.5 Å². The molecule has 0 aliphatic rings. The fraction of sp³-hybridized carbons (Fsp3) is 0.357. The van der Waals surface area contributed by atoms with Crippen LogP contribution in [-0.4, -0.2) is 11.5 Å². The number of aromatic nitrogens is 1. The van der Waals surface area contributed by atoms with Crippen molar-refractivity contribution in [3.63, 3.8) is 0 Å². The highest BCUT2D eigenvalue weighted by Gasteiger charge is 2.05. The van der Waals surface area contributed by atoms with Crippen LogP contribution in [0.5, 0.6) is 0 Å². The first kappa shape index (κ1) is 15.0. The van der Waals surface area contributed by atoms with E-state index in [0.29, 0.717) is 5.92 Å². The zero-order chi connectivity index (χ0) is 13.7. The van der Waals surface area contributed by atoms with Gasteiger partial charge in [-0.05, 0) is 46.1 Å². The van der Waals surface area contributed by atoms with Crippen LogP contribution in [0.3, 0.4) is 0 Å². The molecule has 0 fully saturated rings. The lowest BCUT2D eigenvalue weighted by Crippen LogP contribution is -2.18. The molecule has 1 aromatic heterocycles. The molecule has 2 aromatic rings. The van der Waals surface area contributed by atoms with Crippen LogP contribution in [0.1, 0.15) is 19.4 Å².